The van der Waals surface area contributed by atoms with Crippen molar-refractivity contribution in [1.82, 2.24) is 4.90 Å². The number of hydrogen-bond acceptors (Lipinski definition) is 3. The Morgan fingerprint density at radius 2 is 2.04 bits per heavy atom. The molecular weight excluding hydrogens is 300 g/mol. The summed E-state index contributed by atoms with van der Waals surface area (Å²) in [6.45, 7) is 7.84. The van der Waals surface area contributed by atoms with E-state index in [2.05, 4.69) is 18.9 Å². The molecule has 1 saturated carbocycles. The van der Waals surface area contributed by atoms with Crippen molar-refractivity contribution in [2.75, 3.05) is 26.7 Å². The van der Waals surface area contributed by atoms with Crippen molar-refractivity contribution in [2.45, 2.75) is 46.0 Å². The van der Waals surface area contributed by atoms with Crippen LogP contribution in [0.4, 0.5) is 0 Å². The Morgan fingerprint density at radius 3 is 2.58 bits per heavy atom. The zero-order chi connectivity index (χ0) is 17.6. The second kappa shape index (κ2) is 8.52. The van der Waals surface area contributed by atoms with E-state index in [1.165, 1.54) is 38.8 Å². The van der Waals surface area contributed by atoms with E-state index in [0.717, 1.165) is 23.5 Å². The number of carbonyl (C=O) groups excluding carboxylic acids is 1. The first-order valence-electron chi connectivity index (χ1n) is 9.22. The minimum Gasteiger partial charge on any atom is -0.494 e. The lowest BCUT2D eigenvalue weighted by molar-refractivity contribution is 0.100. The molecule has 2 unspecified atom stereocenters. The van der Waals surface area contributed by atoms with E-state index in [4.69, 9.17) is 10.5 Å². The Balaban J connectivity index is 0.000000175. The number of ether oxygens (including phenoxy) is 1. The molecule has 24 heavy (non-hydrogen) atoms. The molecule has 1 aromatic rings. The van der Waals surface area contributed by atoms with Crippen LogP contribution in [-0.4, -0.2) is 37.6 Å². The average molecular weight is 332 g/mol. The van der Waals surface area contributed by atoms with Crippen LogP contribution in [0.2, 0.25) is 0 Å². The summed E-state index contributed by atoms with van der Waals surface area (Å²) in [6, 6.07) is 6.81. The molecule has 4 heteroatoms. The van der Waals surface area contributed by atoms with Crippen molar-refractivity contribution in [3.8, 4) is 5.75 Å². The van der Waals surface area contributed by atoms with Gasteiger partial charge in [-0.05, 0) is 68.3 Å². The third-order valence-electron chi connectivity index (χ3n) is 5.53. The molecule has 134 valence electrons. The molecule has 0 bridgehead atoms. The highest BCUT2D eigenvalue weighted by Gasteiger charge is 2.46. The van der Waals surface area contributed by atoms with Gasteiger partial charge in [0.2, 0.25) is 5.91 Å². The first-order valence-corrected chi connectivity index (χ1v) is 9.22. The third kappa shape index (κ3) is 4.50. The number of hydrogen-bond donors (Lipinski definition) is 1. The molecule has 1 saturated heterocycles. The highest BCUT2D eigenvalue weighted by molar-refractivity contribution is 5.92. The van der Waals surface area contributed by atoms with Gasteiger partial charge in [0.05, 0.1) is 6.61 Å². The van der Waals surface area contributed by atoms with Gasteiger partial charge in [-0.25, -0.2) is 0 Å². The fraction of sp³-hybridized carbons (Fsp3) is 0.650. The minimum atomic E-state index is -0.415. The van der Waals surface area contributed by atoms with Crippen molar-refractivity contribution in [2.24, 2.45) is 17.1 Å². The molecule has 1 aliphatic heterocycles. The van der Waals surface area contributed by atoms with Crippen LogP contribution in [0.3, 0.4) is 0 Å². The quantitative estimate of drug-likeness (QED) is 0.894. The van der Waals surface area contributed by atoms with Crippen molar-refractivity contribution in [3.63, 3.8) is 0 Å². The lowest BCUT2D eigenvalue weighted by Gasteiger charge is -2.26. The Morgan fingerprint density at radius 1 is 1.33 bits per heavy atom. The first-order chi connectivity index (χ1) is 11.5. The monoisotopic (exact) mass is 332 g/mol. The van der Waals surface area contributed by atoms with Gasteiger partial charge in [0.1, 0.15) is 5.75 Å². The van der Waals surface area contributed by atoms with E-state index >= 15 is 0 Å². The normalized spacial score (nSPS) is 25.7. The number of likely N-dealkylation sites (tertiary alicyclic amines) is 1. The molecule has 1 heterocycles. The van der Waals surface area contributed by atoms with Crippen molar-refractivity contribution >= 4 is 5.91 Å². The molecule has 3 rings (SSSR count). The topological polar surface area (TPSA) is 55.6 Å². The van der Waals surface area contributed by atoms with Gasteiger partial charge in [-0.15, -0.1) is 0 Å². The lowest BCUT2D eigenvalue weighted by atomic mass is 9.78. The zero-order valence-electron chi connectivity index (χ0n) is 15.4. The maximum absolute atomic E-state index is 10.7. The Bertz CT molecular complexity index is 529. The minimum absolute atomic E-state index is 0.415. The van der Waals surface area contributed by atoms with E-state index in [-0.39, 0.29) is 0 Å². The Labute approximate surface area is 146 Å². The largest absolute Gasteiger partial charge is 0.494 e. The highest BCUT2D eigenvalue weighted by atomic mass is 16.5. The first kappa shape index (κ1) is 18.8. The van der Waals surface area contributed by atoms with E-state index in [0.29, 0.717) is 12.2 Å². The second-order valence-electron chi connectivity index (χ2n) is 7.24. The molecule has 2 fully saturated rings. The summed E-state index contributed by atoms with van der Waals surface area (Å²) in [7, 11) is 2.27. The maximum Gasteiger partial charge on any atom is 0.248 e. The van der Waals surface area contributed by atoms with Crippen LogP contribution in [-0.2, 0) is 0 Å². The van der Waals surface area contributed by atoms with Gasteiger partial charge >= 0.3 is 0 Å². The number of amides is 1. The molecule has 0 radical (unpaired) electrons. The summed E-state index contributed by atoms with van der Waals surface area (Å²) in [5.74, 6) is 1.39. The standard InChI is InChI=1S/C10H13NO2.C10H19N/c1-2-7-13-9-5-3-8(4-6-9)10(11)12;1-3-10-6-4-5-9(10)7-11(2)8-10/h3-6H,2,7H2,1H3,(H2,11,12);9H,3-8H2,1-2H3. The van der Waals surface area contributed by atoms with Gasteiger partial charge in [0.25, 0.3) is 0 Å². The maximum atomic E-state index is 10.7. The molecule has 2 atom stereocenters. The number of benzene rings is 1. The smallest absolute Gasteiger partial charge is 0.248 e. The summed E-state index contributed by atoms with van der Waals surface area (Å²) >= 11 is 0. The van der Waals surface area contributed by atoms with Crippen LogP contribution in [0, 0.1) is 11.3 Å². The molecule has 4 nitrogen and oxygen atoms in total. The number of rotatable bonds is 5. The summed E-state index contributed by atoms with van der Waals surface area (Å²) in [5, 5.41) is 0. The van der Waals surface area contributed by atoms with Gasteiger partial charge in [0, 0.05) is 18.7 Å². The van der Waals surface area contributed by atoms with Crippen molar-refractivity contribution < 1.29 is 9.53 Å². The van der Waals surface area contributed by atoms with E-state index in [9.17, 15) is 4.79 Å². The molecule has 2 aliphatic rings. The van der Waals surface area contributed by atoms with Crippen molar-refractivity contribution in [1.29, 1.82) is 0 Å². The van der Waals surface area contributed by atoms with Gasteiger partial charge in [-0.2, -0.15) is 0 Å². The molecular formula is C20H32N2O2. The molecule has 1 aliphatic carbocycles. The molecule has 0 aromatic heterocycles. The van der Waals surface area contributed by atoms with Crippen LogP contribution < -0.4 is 10.5 Å². The summed E-state index contributed by atoms with van der Waals surface area (Å²) in [6.07, 6.45) is 6.86. The Kier molecular flexibility index (Phi) is 6.67. The van der Waals surface area contributed by atoms with Crippen LogP contribution in [0.25, 0.3) is 0 Å². The highest BCUT2D eigenvalue weighted by Crippen LogP contribution is 2.50. The number of nitrogens with two attached hydrogens (primary N) is 1. The van der Waals surface area contributed by atoms with Gasteiger partial charge < -0.3 is 15.4 Å². The van der Waals surface area contributed by atoms with E-state index < -0.39 is 5.91 Å². The van der Waals surface area contributed by atoms with Gasteiger partial charge in [-0.1, -0.05) is 20.3 Å². The zero-order valence-corrected chi connectivity index (χ0v) is 15.4. The SMILES string of the molecule is CCC12CCCC1CN(C)C2.CCCOc1ccc(C(N)=O)cc1. The van der Waals surface area contributed by atoms with E-state index in [1.807, 2.05) is 6.92 Å². The van der Waals surface area contributed by atoms with Gasteiger partial charge in [-0.3, -0.25) is 4.79 Å². The van der Waals surface area contributed by atoms with Crippen LogP contribution in [0.1, 0.15) is 56.3 Å². The number of primary amides is 1. The molecule has 1 aromatic carbocycles. The lowest BCUT2D eigenvalue weighted by Crippen LogP contribution is -2.24. The molecule has 1 amide bonds. The predicted octanol–water partition coefficient (Wildman–Crippen LogP) is 3.70. The van der Waals surface area contributed by atoms with Crippen molar-refractivity contribution in [3.05, 3.63) is 29.8 Å². The number of carbonyl (C=O) groups is 1. The predicted molar refractivity (Wildman–Crippen MR) is 98.3 cm³/mol. The summed E-state index contributed by atoms with van der Waals surface area (Å²) in [5.41, 5.74) is 6.33. The molecule has 2 N–H and O–H groups in total. The fourth-order valence-electron chi connectivity index (χ4n) is 4.19. The second-order valence-corrected chi connectivity index (χ2v) is 7.24. The molecule has 0 spiro atoms. The number of nitrogens with zero attached hydrogens (tertiary/aromatic N) is 1. The van der Waals surface area contributed by atoms with E-state index in [1.54, 1.807) is 24.3 Å². The summed E-state index contributed by atoms with van der Waals surface area (Å²) in [4.78, 5) is 13.2. The van der Waals surface area contributed by atoms with Gasteiger partial charge in [0.15, 0.2) is 0 Å². The third-order valence-corrected chi connectivity index (χ3v) is 5.53. The van der Waals surface area contributed by atoms with Crippen LogP contribution in [0.5, 0.6) is 5.75 Å². The van der Waals surface area contributed by atoms with Crippen LogP contribution in [0.15, 0.2) is 24.3 Å². The number of fused-ring (bicyclic) bond motifs is 1. The fourth-order valence-corrected chi connectivity index (χ4v) is 4.19. The average Bonchev–Trinajstić information content (AvgIpc) is 3.10. The summed E-state index contributed by atoms with van der Waals surface area (Å²) < 4.78 is 5.34. The van der Waals surface area contributed by atoms with Crippen LogP contribution >= 0.6 is 0 Å². The Hall–Kier alpha value is -1.55.